The molecule has 3 rings (SSSR count). The van der Waals surface area contributed by atoms with Gasteiger partial charge in [0.15, 0.2) is 0 Å². The Balaban J connectivity index is 1.77. The Morgan fingerprint density at radius 2 is 2.00 bits per heavy atom. The quantitative estimate of drug-likeness (QED) is 0.915. The summed E-state index contributed by atoms with van der Waals surface area (Å²) in [5.74, 6) is 0.854. The Labute approximate surface area is 111 Å². The van der Waals surface area contributed by atoms with E-state index in [1.807, 2.05) is 18.2 Å². The number of hydrogen-bond acceptors (Lipinski definition) is 3. The van der Waals surface area contributed by atoms with E-state index in [4.69, 9.17) is 4.74 Å². The second-order valence-electron chi connectivity index (χ2n) is 4.61. The SMILES string of the molecule is Fc1ccc(Oc2cccc(C3CCCN3)n2)cc1. The zero-order valence-electron chi connectivity index (χ0n) is 10.5. The van der Waals surface area contributed by atoms with Gasteiger partial charge in [-0.1, -0.05) is 6.07 Å². The first-order valence-corrected chi connectivity index (χ1v) is 6.45. The summed E-state index contributed by atoms with van der Waals surface area (Å²) in [7, 11) is 0. The smallest absolute Gasteiger partial charge is 0.219 e. The van der Waals surface area contributed by atoms with Crippen molar-refractivity contribution < 1.29 is 9.13 Å². The molecule has 0 spiro atoms. The molecule has 19 heavy (non-hydrogen) atoms. The van der Waals surface area contributed by atoms with Crippen LogP contribution >= 0.6 is 0 Å². The van der Waals surface area contributed by atoms with Gasteiger partial charge in [0.25, 0.3) is 0 Å². The number of rotatable bonds is 3. The summed E-state index contributed by atoms with van der Waals surface area (Å²) < 4.78 is 18.4. The van der Waals surface area contributed by atoms with E-state index in [0.717, 1.165) is 18.7 Å². The van der Waals surface area contributed by atoms with Gasteiger partial charge in [0, 0.05) is 12.1 Å². The van der Waals surface area contributed by atoms with Crippen molar-refractivity contribution in [3.8, 4) is 11.6 Å². The molecule has 0 saturated carbocycles. The maximum absolute atomic E-state index is 12.8. The van der Waals surface area contributed by atoms with Crippen LogP contribution < -0.4 is 10.1 Å². The predicted octanol–water partition coefficient (Wildman–Crippen LogP) is 3.44. The van der Waals surface area contributed by atoms with Crippen LogP contribution in [0.5, 0.6) is 11.6 Å². The highest BCUT2D eigenvalue weighted by Gasteiger charge is 2.17. The van der Waals surface area contributed by atoms with E-state index in [1.165, 1.54) is 18.6 Å². The topological polar surface area (TPSA) is 34.1 Å². The molecule has 1 aromatic heterocycles. The van der Waals surface area contributed by atoms with E-state index >= 15 is 0 Å². The number of halogens is 1. The second-order valence-corrected chi connectivity index (χ2v) is 4.61. The lowest BCUT2D eigenvalue weighted by molar-refractivity contribution is 0.455. The Bertz CT molecular complexity index is 550. The fourth-order valence-corrected chi connectivity index (χ4v) is 2.24. The lowest BCUT2D eigenvalue weighted by Gasteiger charge is -2.11. The molecule has 3 nitrogen and oxygen atoms in total. The third-order valence-electron chi connectivity index (χ3n) is 3.20. The maximum Gasteiger partial charge on any atom is 0.219 e. The average molecular weight is 258 g/mol. The Morgan fingerprint density at radius 3 is 2.74 bits per heavy atom. The summed E-state index contributed by atoms with van der Waals surface area (Å²) in [5.41, 5.74) is 0.997. The fraction of sp³-hybridized carbons (Fsp3) is 0.267. The number of nitrogens with zero attached hydrogens (tertiary/aromatic N) is 1. The van der Waals surface area contributed by atoms with Crippen molar-refractivity contribution >= 4 is 0 Å². The van der Waals surface area contributed by atoms with Crippen LogP contribution in [0.25, 0.3) is 0 Å². The molecule has 1 saturated heterocycles. The number of hydrogen-bond donors (Lipinski definition) is 1. The summed E-state index contributed by atoms with van der Waals surface area (Å²) in [6, 6.07) is 12.0. The fourth-order valence-electron chi connectivity index (χ4n) is 2.24. The van der Waals surface area contributed by atoms with Gasteiger partial charge < -0.3 is 10.1 Å². The molecule has 0 aliphatic carbocycles. The minimum absolute atomic E-state index is 0.274. The van der Waals surface area contributed by atoms with Crippen molar-refractivity contribution in [3.63, 3.8) is 0 Å². The number of benzene rings is 1. The van der Waals surface area contributed by atoms with Crippen LogP contribution in [0.3, 0.4) is 0 Å². The second kappa shape index (κ2) is 5.36. The molecule has 1 atom stereocenters. The molecule has 0 bridgehead atoms. The normalized spacial score (nSPS) is 18.5. The van der Waals surface area contributed by atoms with Gasteiger partial charge in [-0.15, -0.1) is 0 Å². The first-order valence-electron chi connectivity index (χ1n) is 6.45. The minimum atomic E-state index is -0.274. The number of aromatic nitrogens is 1. The molecule has 0 amide bonds. The van der Waals surface area contributed by atoms with E-state index in [0.29, 0.717) is 17.7 Å². The molecule has 2 aromatic rings. The molecule has 4 heteroatoms. The average Bonchev–Trinajstić information content (AvgIpc) is 2.96. The highest BCUT2D eigenvalue weighted by atomic mass is 19.1. The first-order chi connectivity index (χ1) is 9.31. The van der Waals surface area contributed by atoms with E-state index in [1.54, 1.807) is 12.1 Å². The molecular formula is C15H15FN2O. The van der Waals surface area contributed by atoms with Crippen LogP contribution in [-0.4, -0.2) is 11.5 Å². The third kappa shape index (κ3) is 2.90. The van der Waals surface area contributed by atoms with Crippen molar-refractivity contribution in [1.29, 1.82) is 0 Å². The molecule has 2 heterocycles. The maximum atomic E-state index is 12.8. The van der Waals surface area contributed by atoms with Crippen molar-refractivity contribution in [2.75, 3.05) is 6.54 Å². The van der Waals surface area contributed by atoms with Gasteiger partial charge in [0.05, 0.1) is 5.69 Å². The largest absolute Gasteiger partial charge is 0.439 e. The number of pyridine rings is 1. The van der Waals surface area contributed by atoms with Crippen LogP contribution in [0.4, 0.5) is 4.39 Å². The molecule has 0 radical (unpaired) electrons. The van der Waals surface area contributed by atoms with Gasteiger partial charge >= 0.3 is 0 Å². The van der Waals surface area contributed by atoms with E-state index in [-0.39, 0.29) is 5.82 Å². The standard InChI is InChI=1S/C15H15FN2O/c16-11-6-8-12(9-7-11)19-15-5-1-3-14(18-15)13-4-2-10-17-13/h1,3,5-9,13,17H,2,4,10H2. The van der Waals surface area contributed by atoms with Crippen LogP contribution in [-0.2, 0) is 0 Å². The lowest BCUT2D eigenvalue weighted by atomic mass is 10.1. The predicted molar refractivity (Wildman–Crippen MR) is 70.7 cm³/mol. The zero-order valence-corrected chi connectivity index (χ0v) is 10.5. The van der Waals surface area contributed by atoms with Crippen LogP contribution in [0.1, 0.15) is 24.6 Å². The van der Waals surface area contributed by atoms with E-state index in [9.17, 15) is 4.39 Å². The van der Waals surface area contributed by atoms with Crippen LogP contribution in [0.15, 0.2) is 42.5 Å². The molecule has 1 aliphatic rings. The summed E-state index contributed by atoms with van der Waals surface area (Å²) >= 11 is 0. The molecule has 1 unspecified atom stereocenters. The lowest BCUT2D eigenvalue weighted by Crippen LogP contribution is -2.14. The highest BCUT2D eigenvalue weighted by molar-refractivity contribution is 5.28. The van der Waals surface area contributed by atoms with Gasteiger partial charge in [-0.25, -0.2) is 9.37 Å². The van der Waals surface area contributed by atoms with Crippen molar-refractivity contribution in [2.24, 2.45) is 0 Å². The van der Waals surface area contributed by atoms with Crippen LogP contribution in [0.2, 0.25) is 0 Å². The van der Waals surface area contributed by atoms with E-state index in [2.05, 4.69) is 10.3 Å². The monoisotopic (exact) mass is 258 g/mol. The Morgan fingerprint density at radius 1 is 1.16 bits per heavy atom. The van der Waals surface area contributed by atoms with Gasteiger partial charge in [0.1, 0.15) is 11.6 Å². The van der Waals surface area contributed by atoms with Gasteiger partial charge in [0.2, 0.25) is 5.88 Å². The summed E-state index contributed by atoms with van der Waals surface area (Å²) in [5, 5.41) is 3.40. The number of ether oxygens (including phenoxy) is 1. The summed E-state index contributed by atoms with van der Waals surface area (Å²) in [4.78, 5) is 4.49. The molecular weight excluding hydrogens is 243 g/mol. The number of nitrogens with one attached hydrogen (secondary N) is 1. The van der Waals surface area contributed by atoms with Gasteiger partial charge in [-0.3, -0.25) is 0 Å². The highest BCUT2D eigenvalue weighted by Crippen LogP contribution is 2.25. The van der Waals surface area contributed by atoms with Crippen molar-refractivity contribution in [1.82, 2.24) is 10.3 Å². The van der Waals surface area contributed by atoms with Gasteiger partial charge in [-0.2, -0.15) is 0 Å². The molecule has 1 N–H and O–H groups in total. The summed E-state index contributed by atoms with van der Waals surface area (Å²) in [6.45, 7) is 1.04. The minimum Gasteiger partial charge on any atom is -0.439 e. The summed E-state index contributed by atoms with van der Waals surface area (Å²) in [6.07, 6.45) is 2.28. The van der Waals surface area contributed by atoms with Crippen molar-refractivity contribution in [3.05, 3.63) is 54.0 Å². The molecule has 1 aliphatic heterocycles. The Kier molecular flexibility index (Phi) is 3.42. The first kappa shape index (κ1) is 12.1. The molecule has 1 aromatic carbocycles. The van der Waals surface area contributed by atoms with Crippen LogP contribution in [0, 0.1) is 5.82 Å². The Hall–Kier alpha value is -1.94. The van der Waals surface area contributed by atoms with Crippen molar-refractivity contribution in [2.45, 2.75) is 18.9 Å². The zero-order chi connectivity index (χ0) is 13.1. The third-order valence-corrected chi connectivity index (χ3v) is 3.20. The molecule has 98 valence electrons. The van der Waals surface area contributed by atoms with E-state index < -0.39 is 0 Å². The van der Waals surface area contributed by atoms with Gasteiger partial charge in [-0.05, 0) is 49.7 Å². The molecule has 1 fully saturated rings.